The van der Waals surface area contributed by atoms with E-state index in [1.165, 1.54) is 67.0 Å². The van der Waals surface area contributed by atoms with Gasteiger partial charge < -0.3 is 19.1 Å². The Hall–Kier alpha value is -3.61. The smallest absolute Gasteiger partial charge is 0.337 e. The van der Waals surface area contributed by atoms with E-state index in [2.05, 4.69) is 44.7 Å². The standard InChI is InChI=1S/C36H43N3O4/c1-43-36(42)26-14-15-30-31(22-26)39-23-27(35(41)37-19-16-28(17-20-37)38-18-8-7-13-32(38)40)21-25-11-5-6-12-29(25)34(39)33(30)24-9-3-2-4-10-24/h5-6,11-12,14-15,22,24,27-28H,2-4,7-10,13,16-21,23H2,1H3. The molecule has 226 valence electrons. The van der Waals surface area contributed by atoms with Crippen molar-refractivity contribution in [1.82, 2.24) is 14.4 Å². The average Bonchev–Trinajstić information content (AvgIpc) is 3.27. The molecule has 0 spiro atoms. The number of amides is 2. The summed E-state index contributed by atoms with van der Waals surface area (Å²) < 4.78 is 7.46. The molecule has 7 heteroatoms. The van der Waals surface area contributed by atoms with Gasteiger partial charge in [0.1, 0.15) is 0 Å². The highest BCUT2D eigenvalue weighted by Crippen LogP contribution is 2.47. The number of carbonyl (C=O) groups excluding carboxylic acids is 3. The molecule has 7 nitrogen and oxygen atoms in total. The number of benzene rings is 2. The van der Waals surface area contributed by atoms with Crippen molar-refractivity contribution >= 4 is 28.7 Å². The third kappa shape index (κ3) is 5.15. The molecule has 3 aromatic rings. The molecule has 0 radical (unpaired) electrons. The van der Waals surface area contributed by atoms with E-state index < -0.39 is 0 Å². The topological polar surface area (TPSA) is 71.8 Å². The number of piperidine rings is 2. The summed E-state index contributed by atoms with van der Waals surface area (Å²) in [6, 6.07) is 14.9. The zero-order valence-electron chi connectivity index (χ0n) is 25.4. The summed E-state index contributed by atoms with van der Waals surface area (Å²) in [4.78, 5) is 43.6. The Morgan fingerprint density at radius 3 is 2.44 bits per heavy atom. The lowest BCUT2D eigenvalue weighted by atomic mass is 9.81. The zero-order chi connectivity index (χ0) is 29.5. The van der Waals surface area contributed by atoms with Gasteiger partial charge in [-0.15, -0.1) is 0 Å². The van der Waals surface area contributed by atoms with Crippen LogP contribution in [-0.2, 0) is 27.3 Å². The Bertz CT molecular complexity index is 1540. The summed E-state index contributed by atoms with van der Waals surface area (Å²) in [5, 5.41) is 1.20. The molecule has 3 aliphatic heterocycles. The van der Waals surface area contributed by atoms with Crippen molar-refractivity contribution in [3.63, 3.8) is 0 Å². The summed E-state index contributed by atoms with van der Waals surface area (Å²) in [6.07, 6.45) is 11.2. The monoisotopic (exact) mass is 581 g/mol. The number of hydrogen-bond donors (Lipinski definition) is 0. The summed E-state index contributed by atoms with van der Waals surface area (Å²) in [5.74, 6) is 0.411. The number of methoxy groups -OCH3 is 1. The van der Waals surface area contributed by atoms with Crippen LogP contribution in [0.15, 0.2) is 42.5 Å². The molecule has 1 saturated carbocycles. The van der Waals surface area contributed by atoms with Gasteiger partial charge in [-0.25, -0.2) is 4.79 Å². The number of carbonyl (C=O) groups is 3. The van der Waals surface area contributed by atoms with Crippen LogP contribution < -0.4 is 0 Å². The normalized spacial score (nSPS) is 21.8. The lowest BCUT2D eigenvalue weighted by molar-refractivity contribution is -0.140. The summed E-state index contributed by atoms with van der Waals surface area (Å²) in [5.41, 5.74) is 6.63. The van der Waals surface area contributed by atoms with Gasteiger partial charge in [0.05, 0.1) is 24.3 Å². The molecule has 0 N–H and O–H groups in total. The number of aromatic nitrogens is 1. The second kappa shape index (κ2) is 11.8. The molecule has 1 aromatic heterocycles. The third-order valence-electron chi connectivity index (χ3n) is 10.6. The Labute approximate surface area is 254 Å². The van der Waals surface area contributed by atoms with Gasteiger partial charge in [-0.2, -0.15) is 0 Å². The first-order chi connectivity index (χ1) is 21.0. The SMILES string of the molecule is COC(=O)c1ccc2c(C3CCCCC3)c3n(c2c1)CC(C(=O)N1CCC(N2CCCCC2=O)CC1)Cc1ccccc1-3. The van der Waals surface area contributed by atoms with E-state index in [0.717, 1.165) is 37.7 Å². The molecule has 43 heavy (non-hydrogen) atoms. The van der Waals surface area contributed by atoms with Crippen LogP contribution in [0.1, 0.15) is 91.6 Å². The van der Waals surface area contributed by atoms with Gasteiger partial charge >= 0.3 is 5.97 Å². The molecular weight excluding hydrogens is 538 g/mol. The number of hydrogen-bond acceptors (Lipinski definition) is 4. The van der Waals surface area contributed by atoms with Crippen molar-refractivity contribution in [2.75, 3.05) is 26.7 Å². The van der Waals surface area contributed by atoms with E-state index in [1.807, 2.05) is 12.1 Å². The summed E-state index contributed by atoms with van der Waals surface area (Å²) in [7, 11) is 1.42. The highest BCUT2D eigenvalue weighted by molar-refractivity contribution is 5.99. The Morgan fingerprint density at radius 1 is 0.884 bits per heavy atom. The van der Waals surface area contributed by atoms with Gasteiger partial charge in [0.15, 0.2) is 0 Å². The molecule has 7 rings (SSSR count). The lowest BCUT2D eigenvalue weighted by Gasteiger charge is -2.41. The van der Waals surface area contributed by atoms with E-state index in [1.54, 1.807) is 0 Å². The highest BCUT2D eigenvalue weighted by atomic mass is 16.5. The van der Waals surface area contributed by atoms with Crippen molar-refractivity contribution in [3.05, 3.63) is 59.2 Å². The van der Waals surface area contributed by atoms with E-state index in [0.29, 0.717) is 44.0 Å². The van der Waals surface area contributed by atoms with Gasteiger partial charge in [0.2, 0.25) is 11.8 Å². The maximum absolute atomic E-state index is 14.3. The van der Waals surface area contributed by atoms with Gasteiger partial charge in [-0.3, -0.25) is 9.59 Å². The van der Waals surface area contributed by atoms with E-state index in [9.17, 15) is 14.4 Å². The predicted octanol–water partition coefficient (Wildman–Crippen LogP) is 6.32. The third-order valence-corrected chi connectivity index (χ3v) is 10.6. The molecule has 1 aliphatic carbocycles. The van der Waals surface area contributed by atoms with Crippen molar-refractivity contribution in [3.8, 4) is 11.3 Å². The number of nitrogens with zero attached hydrogens (tertiary/aromatic N) is 3. The largest absolute Gasteiger partial charge is 0.465 e. The molecule has 2 aromatic carbocycles. The van der Waals surface area contributed by atoms with Crippen LogP contribution in [0, 0.1) is 5.92 Å². The molecule has 2 amide bonds. The fraction of sp³-hybridized carbons (Fsp3) is 0.528. The Morgan fingerprint density at radius 2 is 1.67 bits per heavy atom. The number of esters is 1. The Kier molecular flexibility index (Phi) is 7.74. The van der Waals surface area contributed by atoms with Crippen LogP contribution in [0.4, 0.5) is 0 Å². The maximum Gasteiger partial charge on any atom is 0.337 e. The minimum Gasteiger partial charge on any atom is -0.465 e. The molecule has 1 unspecified atom stereocenters. The fourth-order valence-electron chi connectivity index (χ4n) is 8.42. The number of ether oxygens (including phenoxy) is 1. The molecule has 0 bridgehead atoms. The molecule has 1 atom stereocenters. The highest BCUT2D eigenvalue weighted by Gasteiger charge is 2.37. The van der Waals surface area contributed by atoms with Crippen LogP contribution in [0.3, 0.4) is 0 Å². The Balaban J connectivity index is 1.26. The minimum atomic E-state index is -0.339. The van der Waals surface area contributed by atoms with Gasteiger partial charge in [0.25, 0.3) is 0 Å². The second-order valence-corrected chi connectivity index (χ2v) is 13.1. The van der Waals surface area contributed by atoms with Crippen molar-refractivity contribution in [1.29, 1.82) is 0 Å². The average molecular weight is 582 g/mol. The van der Waals surface area contributed by atoms with Gasteiger partial charge in [-0.1, -0.05) is 49.6 Å². The van der Waals surface area contributed by atoms with Crippen molar-refractivity contribution in [2.45, 2.75) is 89.1 Å². The fourth-order valence-corrected chi connectivity index (χ4v) is 8.42. The van der Waals surface area contributed by atoms with Crippen LogP contribution in [0.2, 0.25) is 0 Å². The number of rotatable bonds is 4. The number of fused-ring (bicyclic) bond motifs is 5. The molecule has 2 saturated heterocycles. The van der Waals surface area contributed by atoms with Crippen molar-refractivity contribution in [2.24, 2.45) is 5.92 Å². The maximum atomic E-state index is 14.3. The molecular formula is C36H43N3O4. The van der Waals surface area contributed by atoms with Crippen molar-refractivity contribution < 1.29 is 19.1 Å². The molecule has 4 aliphatic rings. The summed E-state index contributed by atoms with van der Waals surface area (Å²) in [6.45, 7) is 2.84. The molecule has 3 fully saturated rings. The zero-order valence-corrected chi connectivity index (χ0v) is 25.4. The van der Waals surface area contributed by atoms with Gasteiger partial charge in [-0.05, 0) is 74.1 Å². The van der Waals surface area contributed by atoms with Crippen LogP contribution in [0.5, 0.6) is 0 Å². The second-order valence-electron chi connectivity index (χ2n) is 13.1. The van der Waals surface area contributed by atoms with Gasteiger partial charge in [0, 0.05) is 55.1 Å². The van der Waals surface area contributed by atoms with E-state index >= 15 is 0 Å². The predicted molar refractivity (Wildman–Crippen MR) is 167 cm³/mol. The first-order valence-corrected chi connectivity index (χ1v) is 16.4. The number of likely N-dealkylation sites (tertiary alicyclic amines) is 2. The lowest BCUT2D eigenvalue weighted by Crippen LogP contribution is -2.51. The first-order valence-electron chi connectivity index (χ1n) is 16.4. The quantitative estimate of drug-likeness (QED) is 0.338. The minimum absolute atomic E-state index is 0.202. The van der Waals surface area contributed by atoms with Crippen LogP contribution in [-0.4, -0.2) is 64.9 Å². The summed E-state index contributed by atoms with van der Waals surface area (Å²) >= 11 is 0. The van der Waals surface area contributed by atoms with Crippen LogP contribution >= 0.6 is 0 Å². The van der Waals surface area contributed by atoms with E-state index in [4.69, 9.17) is 4.74 Å². The molecule has 4 heterocycles. The first kappa shape index (κ1) is 28.2. The van der Waals surface area contributed by atoms with E-state index in [-0.39, 0.29) is 29.7 Å². The van der Waals surface area contributed by atoms with Crippen LogP contribution in [0.25, 0.3) is 22.2 Å².